The van der Waals surface area contributed by atoms with E-state index in [2.05, 4.69) is 4.98 Å². The first-order valence-corrected chi connectivity index (χ1v) is 15.8. The Morgan fingerprint density at radius 1 is 0.675 bits per heavy atom. The molecule has 40 heavy (non-hydrogen) atoms. The Bertz CT molecular complexity index is 1500. The van der Waals surface area contributed by atoms with Gasteiger partial charge in [-0.1, -0.05) is 39.8 Å². The van der Waals surface area contributed by atoms with Crippen molar-refractivity contribution in [3.8, 4) is 0 Å². The van der Waals surface area contributed by atoms with E-state index in [0.717, 1.165) is 10.5 Å². The van der Waals surface area contributed by atoms with Gasteiger partial charge in [0.05, 0.1) is 9.79 Å². The van der Waals surface area contributed by atoms with Gasteiger partial charge in [-0.3, -0.25) is 9.59 Å². The number of imide groups is 1. The number of rotatable bonds is 11. The van der Waals surface area contributed by atoms with Gasteiger partial charge in [-0.2, -0.15) is 8.61 Å². The molecule has 214 valence electrons. The quantitative estimate of drug-likeness (QED) is 0.312. The molecule has 0 aliphatic carbocycles. The van der Waals surface area contributed by atoms with Gasteiger partial charge in [-0.25, -0.2) is 26.7 Å². The van der Waals surface area contributed by atoms with Gasteiger partial charge in [0.15, 0.2) is 0 Å². The standard InChI is InChI=1S/C28H34N4O6S2/c1-6-30(7-2)39(35,36)24-14-10-12-22(19-24)27(33)32(26-18-21(5)16-17-29-26)28(34)23-13-11-15-25(20-23)40(37,38)31(8-3)9-4/h10-20H,6-9H2,1-5H3. The Labute approximate surface area is 236 Å². The molecule has 0 fully saturated rings. The lowest BCUT2D eigenvalue weighted by Crippen LogP contribution is -2.38. The van der Waals surface area contributed by atoms with Gasteiger partial charge >= 0.3 is 0 Å². The molecule has 0 radical (unpaired) electrons. The maximum atomic E-state index is 13.9. The summed E-state index contributed by atoms with van der Waals surface area (Å²) in [7, 11) is -7.74. The first-order chi connectivity index (χ1) is 18.9. The van der Waals surface area contributed by atoms with E-state index >= 15 is 0 Å². The molecule has 0 atom stereocenters. The first-order valence-electron chi connectivity index (χ1n) is 12.9. The van der Waals surface area contributed by atoms with Crippen molar-refractivity contribution in [3.63, 3.8) is 0 Å². The number of pyridine rings is 1. The Morgan fingerprint density at radius 3 is 1.48 bits per heavy atom. The van der Waals surface area contributed by atoms with Crippen molar-refractivity contribution >= 4 is 37.7 Å². The molecular weight excluding hydrogens is 552 g/mol. The number of aryl methyl sites for hydroxylation is 1. The zero-order chi connectivity index (χ0) is 29.7. The van der Waals surface area contributed by atoms with E-state index in [1.165, 1.54) is 63.3 Å². The summed E-state index contributed by atoms with van der Waals surface area (Å²) in [6, 6.07) is 14.2. The van der Waals surface area contributed by atoms with Crippen LogP contribution in [0.15, 0.2) is 76.7 Å². The van der Waals surface area contributed by atoms with Crippen LogP contribution in [0, 0.1) is 6.92 Å². The van der Waals surface area contributed by atoms with E-state index in [0.29, 0.717) is 0 Å². The van der Waals surface area contributed by atoms with Crippen LogP contribution in [0.1, 0.15) is 54.0 Å². The molecule has 2 amide bonds. The lowest BCUT2D eigenvalue weighted by Gasteiger charge is -2.22. The number of carbonyl (C=O) groups is 2. The van der Waals surface area contributed by atoms with Gasteiger partial charge < -0.3 is 0 Å². The van der Waals surface area contributed by atoms with E-state index in [-0.39, 0.29) is 52.9 Å². The summed E-state index contributed by atoms with van der Waals surface area (Å²) in [6.45, 7) is 9.64. The second kappa shape index (κ2) is 12.8. The zero-order valence-corrected chi connectivity index (χ0v) is 24.9. The minimum Gasteiger partial charge on any atom is -0.268 e. The van der Waals surface area contributed by atoms with E-state index < -0.39 is 31.9 Å². The Balaban J connectivity index is 2.14. The summed E-state index contributed by atoms with van der Waals surface area (Å²) in [6.07, 6.45) is 1.45. The Hall–Kier alpha value is -3.45. The maximum absolute atomic E-state index is 13.9. The summed E-state index contributed by atoms with van der Waals surface area (Å²) in [4.78, 5) is 32.6. The normalized spacial score (nSPS) is 12.1. The molecule has 0 aliphatic rings. The zero-order valence-electron chi connectivity index (χ0n) is 23.2. The van der Waals surface area contributed by atoms with Crippen molar-refractivity contribution < 1.29 is 26.4 Å². The fourth-order valence-electron chi connectivity index (χ4n) is 4.21. The Morgan fingerprint density at radius 2 is 1.10 bits per heavy atom. The van der Waals surface area contributed by atoms with Crippen LogP contribution in [-0.4, -0.2) is 68.4 Å². The average molecular weight is 587 g/mol. The SMILES string of the molecule is CCN(CC)S(=O)(=O)c1cccc(C(=O)N(C(=O)c2cccc(S(=O)(=O)N(CC)CC)c2)c2cc(C)ccn2)c1. The minimum absolute atomic E-state index is 0.0176. The topological polar surface area (TPSA) is 125 Å². The number of anilines is 1. The number of carbonyl (C=O) groups excluding carboxylic acids is 2. The average Bonchev–Trinajstić information content (AvgIpc) is 2.94. The van der Waals surface area contributed by atoms with Gasteiger partial charge in [-0.05, 0) is 61.0 Å². The second-order valence-corrected chi connectivity index (χ2v) is 12.7. The van der Waals surface area contributed by atoms with Crippen LogP contribution >= 0.6 is 0 Å². The summed E-state index contributed by atoms with van der Waals surface area (Å²) in [5, 5.41) is 0. The molecule has 3 aromatic rings. The number of sulfonamides is 2. The molecule has 0 unspecified atom stereocenters. The first kappa shape index (κ1) is 31.1. The fourth-order valence-corrected chi connectivity index (χ4v) is 7.21. The number of nitrogens with zero attached hydrogens (tertiary/aromatic N) is 4. The van der Waals surface area contributed by atoms with Crippen LogP contribution in [0.2, 0.25) is 0 Å². The summed E-state index contributed by atoms with van der Waals surface area (Å²) < 4.78 is 55.0. The predicted octanol–water partition coefficient (Wildman–Crippen LogP) is 3.94. The van der Waals surface area contributed by atoms with E-state index in [4.69, 9.17) is 0 Å². The molecule has 10 nitrogen and oxygen atoms in total. The number of hydrogen-bond donors (Lipinski definition) is 0. The summed E-state index contributed by atoms with van der Waals surface area (Å²) >= 11 is 0. The molecule has 0 N–H and O–H groups in total. The van der Waals surface area contributed by atoms with E-state index in [1.54, 1.807) is 46.8 Å². The molecular formula is C28H34N4O6S2. The van der Waals surface area contributed by atoms with Crippen molar-refractivity contribution in [1.29, 1.82) is 0 Å². The fraction of sp³-hybridized carbons (Fsp3) is 0.321. The molecule has 12 heteroatoms. The number of aromatic nitrogens is 1. The van der Waals surface area contributed by atoms with Gasteiger partial charge in [0.1, 0.15) is 5.82 Å². The monoisotopic (exact) mass is 586 g/mol. The van der Waals surface area contributed by atoms with E-state index in [1.807, 2.05) is 0 Å². The van der Waals surface area contributed by atoms with Crippen LogP contribution in [0.25, 0.3) is 0 Å². The van der Waals surface area contributed by atoms with Gasteiger partial charge in [0.2, 0.25) is 20.0 Å². The summed E-state index contributed by atoms with van der Waals surface area (Å²) in [5.41, 5.74) is 0.639. The molecule has 0 aliphatic heterocycles. The highest BCUT2D eigenvalue weighted by molar-refractivity contribution is 7.89. The molecule has 0 saturated heterocycles. The predicted molar refractivity (Wildman–Crippen MR) is 153 cm³/mol. The van der Waals surface area contributed by atoms with Crippen molar-refractivity contribution in [2.45, 2.75) is 44.4 Å². The van der Waals surface area contributed by atoms with Crippen LogP contribution in [-0.2, 0) is 20.0 Å². The maximum Gasteiger partial charge on any atom is 0.266 e. The number of amides is 2. The van der Waals surface area contributed by atoms with Gasteiger partial charge in [0.25, 0.3) is 11.8 Å². The van der Waals surface area contributed by atoms with Gasteiger partial charge in [-0.15, -0.1) is 0 Å². The highest BCUT2D eigenvalue weighted by Gasteiger charge is 2.30. The third-order valence-electron chi connectivity index (χ3n) is 6.38. The van der Waals surface area contributed by atoms with Crippen LogP contribution < -0.4 is 4.90 Å². The van der Waals surface area contributed by atoms with Crippen LogP contribution in [0.4, 0.5) is 5.82 Å². The van der Waals surface area contributed by atoms with Crippen LogP contribution in [0.5, 0.6) is 0 Å². The molecule has 0 spiro atoms. The summed E-state index contributed by atoms with van der Waals surface area (Å²) in [5.74, 6) is -1.60. The highest BCUT2D eigenvalue weighted by Crippen LogP contribution is 2.24. The number of hydrogen-bond acceptors (Lipinski definition) is 7. The van der Waals surface area contributed by atoms with E-state index in [9.17, 15) is 26.4 Å². The molecule has 2 aromatic carbocycles. The number of benzene rings is 2. The van der Waals surface area contributed by atoms with Crippen LogP contribution in [0.3, 0.4) is 0 Å². The Kier molecular flexibility index (Phi) is 9.96. The minimum atomic E-state index is -3.87. The van der Waals surface area contributed by atoms with Gasteiger partial charge in [0, 0.05) is 43.5 Å². The largest absolute Gasteiger partial charge is 0.268 e. The molecule has 0 bridgehead atoms. The lowest BCUT2D eigenvalue weighted by molar-refractivity contribution is 0.0896. The molecule has 1 aromatic heterocycles. The van der Waals surface area contributed by atoms with Crippen molar-refractivity contribution in [2.24, 2.45) is 0 Å². The third kappa shape index (κ3) is 6.30. The second-order valence-electron chi connectivity index (χ2n) is 8.87. The molecule has 1 heterocycles. The molecule has 0 saturated carbocycles. The third-order valence-corrected chi connectivity index (χ3v) is 10.5. The lowest BCUT2D eigenvalue weighted by atomic mass is 10.1. The van der Waals surface area contributed by atoms with Crippen molar-refractivity contribution in [3.05, 3.63) is 83.6 Å². The highest BCUT2D eigenvalue weighted by atomic mass is 32.2. The van der Waals surface area contributed by atoms with Crippen molar-refractivity contribution in [1.82, 2.24) is 13.6 Å². The molecule has 3 rings (SSSR count). The smallest absolute Gasteiger partial charge is 0.266 e. The van der Waals surface area contributed by atoms with Crippen molar-refractivity contribution in [2.75, 3.05) is 31.1 Å².